The van der Waals surface area contributed by atoms with Crippen molar-refractivity contribution in [2.24, 2.45) is 9.98 Å². The van der Waals surface area contributed by atoms with E-state index in [1.807, 2.05) is 13.8 Å². The number of likely N-dealkylation sites (tertiary alicyclic amines) is 1. The van der Waals surface area contributed by atoms with Gasteiger partial charge in [0.15, 0.2) is 0 Å². The molecule has 1 fully saturated rings. The van der Waals surface area contributed by atoms with Crippen molar-refractivity contribution in [3.63, 3.8) is 0 Å². The number of amides is 2. The highest BCUT2D eigenvalue weighted by molar-refractivity contribution is 6.44. The van der Waals surface area contributed by atoms with Gasteiger partial charge in [0.1, 0.15) is 29.4 Å². The monoisotopic (exact) mass is 425 g/mol. The van der Waals surface area contributed by atoms with Crippen LogP contribution >= 0.6 is 0 Å². The van der Waals surface area contributed by atoms with Crippen molar-refractivity contribution in [2.75, 3.05) is 20.1 Å². The number of halogens is 1. The molecule has 3 aliphatic rings. The van der Waals surface area contributed by atoms with E-state index in [9.17, 15) is 14.0 Å². The molecular formula is C22H24FN5O3. The Bertz CT molecular complexity index is 1030. The van der Waals surface area contributed by atoms with Gasteiger partial charge in [0, 0.05) is 26.2 Å². The Hall–Kier alpha value is -3.20. The van der Waals surface area contributed by atoms with E-state index in [4.69, 9.17) is 4.74 Å². The summed E-state index contributed by atoms with van der Waals surface area (Å²) in [5.41, 5.74) is 2.08. The van der Waals surface area contributed by atoms with Crippen molar-refractivity contribution in [1.29, 1.82) is 0 Å². The first kappa shape index (κ1) is 21.0. The van der Waals surface area contributed by atoms with Gasteiger partial charge in [-0.1, -0.05) is 6.92 Å². The number of aliphatic imine (C=N–C) groups is 2. The standard InChI is InChI=1S/C22H24FN5O3/c1-4-16-22(30)27-18-7-13(15(23)8-19(18)26-16)10-28-11-20(12(28)2)31-14-5-6-17(25-9-14)21(29)24-3/h5-9,12,15,20H,4,10-11H2,1-3H3,(H,24,29)/t12-,15?,20+/m1/s1. The fourth-order valence-corrected chi connectivity index (χ4v) is 3.69. The van der Waals surface area contributed by atoms with Crippen LogP contribution in [-0.4, -0.2) is 71.6 Å². The number of hydrogen-bond donors (Lipinski definition) is 1. The molecule has 1 aliphatic carbocycles. The summed E-state index contributed by atoms with van der Waals surface area (Å²) in [6.07, 6.45) is 3.72. The van der Waals surface area contributed by atoms with Gasteiger partial charge in [0.2, 0.25) is 0 Å². The van der Waals surface area contributed by atoms with Crippen LogP contribution in [-0.2, 0) is 4.79 Å². The Morgan fingerprint density at radius 3 is 2.81 bits per heavy atom. The predicted octanol–water partition coefficient (Wildman–Crippen LogP) is 1.89. The molecule has 3 heterocycles. The third-order valence-electron chi connectivity index (χ3n) is 5.70. The summed E-state index contributed by atoms with van der Waals surface area (Å²) >= 11 is 0. The average Bonchev–Trinajstić information content (AvgIpc) is 2.78. The van der Waals surface area contributed by atoms with Crippen molar-refractivity contribution >= 4 is 23.2 Å². The minimum atomic E-state index is -1.27. The summed E-state index contributed by atoms with van der Waals surface area (Å²) in [4.78, 5) is 38.1. The summed E-state index contributed by atoms with van der Waals surface area (Å²) < 4.78 is 20.7. The number of hydrogen-bond acceptors (Lipinski definition) is 6. The van der Waals surface area contributed by atoms with Crippen LogP contribution in [0, 0.1) is 0 Å². The zero-order valence-electron chi connectivity index (χ0n) is 17.6. The lowest BCUT2D eigenvalue weighted by Gasteiger charge is -2.46. The fraction of sp³-hybridized carbons (Fsp3) is 0.409. The van der Waals surface area contributed by atoms with Crippen LogP contribution in [0.5, 0.6) is 5.75 Å². The minimum absolute atomic E-state index is 0.0636. The molecule has 9 heteroatoms. The molecule has 1 unspecified atom stereocenters. The van der Waals surface area contributed by atoms with Crippen LogP contribution < -0.4 is 10.1 Å². The van der Waals surface area contributed by atoms with Gasteiger partial charge in [-0.2, -0.15) is 0 Å². The molecule has 8 nitrogen and oxygen atoms in total. The topological polar surface area (TPSA) is 96.2 Å². The van der Waals surface area contributed by atoms with E-state index in [2.05, 4.69) is 25.2 Å². The van der Waals surface area contributed by atoms with E-state index in [-0.39, 0.29) is 24.0 Å². The smallest absolute Gasteiger partial charge is 0.291 e. The Morgan fingerprint density at radius 2 is 2.16 bits per heavy atom. The number of allylic oxidation sites excluding steroid dienone is 2. The van der Waals surface area contributed by atoms with E-state index in [1.54, 1.807) is 25.3 Å². The molecule has 0 saturated carbocycles. The molecule has 1 saturated heterocycles. The lowest BCUT2D eigenvalue weighted by atomic mass is 9.94. The number of nitrogens with zero attached hydrogens (tertiary/aromatic N) is 4. The van der Waals surface area contributed by atoms with Crippen LogP contribution in [0.4, 0.5) is 4.39 Å². The third kappa shape index (κ3) is 4.18. The van der Waals surface area contributed by atoms with Gasteiger partial charge >= 0.3 is 0 Å². The summed E-state index contributed by atoms with van der Waals surface area (Å²) in [6.45, 7) is 4.88. The maximum Gasteiger partial charge on any atom is 0.291 e. The van der Waals surface area contributed by atoms with Crippen molar-refractivity contribution in [1.82, 2.24) is 15.2 Å². The van der Waals surface area contributed by atoms with Crippen LogP contribution in [0.25, 0.3) is 0 Å². The SMILES string of the molecule is CCC1=NC2=CC(F)C(CN3C[C@H](Oc4ccc(C(=O)NC)nc4)[C@H]3C)=CC2=NC1=O. The van der Waals surface area contributed by atoms with Crippen LogP contribution in [0.2, 0.25) is 0 Å². The summed E-state index contributed by atoms with van der Waals surface area (Å²) in [5.74, 6) is -0.0321. The van der Waals surface area contributed by atoms with Gasteiger partial charge in [-0.25, -0.2) is 19.4 Å². The van der Waals surface area contributed by atoms with E-state index >= 15 is 0 Å². The van der Waals surface area contributed by atoms with Gasteiger partial charge in [0.25, 0.3) is 11.8 Å². The minimum Gasteiger partial charge on any atom is -0.486 e. The molecule has 0 bridgehead atoms. The number of carbonyl (C=O) groups excluding carboxylic acids is 2. The second-order valence-corrected chi connectivity index (χ2v) is 7.67. The Labute approximate surface area is 179 Å². The molecule has 162 valence electrons. The lowest BCUT2D eigenvalue weighted by molar-refractivity contribution is -0.111. The molecule has 4 rings (SSSR count). The highest BCUT2D eigenvalue weighted by Gasteiger charge is 2.39. The predicted molar refractivity (Wildman–Crippen MR) is 114 cm³/mol. The fourth-order valence-electron chi connectivity index (χ4n) is 3.69. The number of pyridine rings is 1. The molecule has 31 heavy (non-hydrogen) atoms. The van der Waals surface area contributed by atoms with Crippen molar-refractivity contribution < 1.29 is 18.7 Å². The number of fused-ring (bicyclic) bond motifs is 1. The Balaban J connectivity index is 1.36. The van der Waals surface area contributed by atoms with E-state index in [1.165, 1.54) is 12.3 Å². The van der Waals surface area contributed by atoms with Crippen LogP contribution in [0.3, 0.4) is 0 Å². The number of ether oxygens (including phenoxy) is 1. The van der Waals surface area contributed by atoms with E-state index < -0.39 is 6.17 Å². The highest BCUT2D eigenvalue weighted by atomic mass is 19.1. The number of rotatable bonds is 6. The molecular weight excluding hydrogens is 401 g/mol. The molecule has 1 aromatic heterocycles. The number of alkyl halides is 1. The highest BCUT2D eigenvalue weighted by Crippen LogP contribution is 2.29. The van der Waals surface area contributed by atoms with Gasteiger partial charge in [-0.15, -0.1) is 0 Å². The van der Waals surface area contributed by atoms with E-state index in [0.29, 0.717) is 53.6 Å². The molecule has 2 amide bonds. The first-order chi connectivity index (χ1) is 14.9. The van der Waals surface area contributed by atoms with Gasteiger partial charge in [-0.3, -0.25) is 14.5 Å². The molecule has 0 aromatic carbocycles. The largest absolute Gasteiger partial charge is 0.486 e. The number of carbonyl (C=O) groups is 2. The Morgan fingerprint density at radius 1 is 1.35 bits per heavy atom. The maximum atomic E-state index is 14.7. The van der Waals surface area contributed by atoms with Gasteiger partial charge in [0.05, 0.1) is 17.6 Å². The zero-order valence-corrected chi connectivity index (χ0v) is 17.6. The lowest BCUT2D eigenvalue weighted by Crippen LogP contribution is -2.61. The maximum absolute atomic E-state index is 14.7. The van der Waals surface area contributed by atoms with Crippen molar-refractivity contribution in [3.8, 4) is 5.75 Å². The first-order valence-corrected chi connectivity index (χ1v) is 10.3. The van der Waals surface area contributed by atoms with Crippen molar-refractivity contribution in [2.45, 2.75) is 38.6 Å². The molecule has 0 radical (unpaired) electrons. The second-order valence-electron chi connectivity index (χ2n) is 7.67. The quantitative estimate of drug-likeness (QED) is 0.751. The zero-order chi connectivity index (χ0) is 22.1. The van der Waals surface area contributed by atoms with Crippen molar-refractivity contribution in [3.05, 3.63) is 47.4 Å². The molecule has 1 N–H and O–H groups in total. The molecule has 0 spiro atoms. The first-order valence-electron chi connectivity index (χ1n) is 10.3. The van der Waals surface area contributed by atoms with Crippen LogP contribution in [0.1, 0.15) is 30.8 Å². The number of nitrogens with one attached hydrogen (secondary N) is 1. The summed E-state index contributed by atoms with van der Waals surface area (Å²) in [7, 11) is 1.55. The normalized spacial score (nSPS) is 25.4. The molecule has 3 atom stereocenters. The summed E-state index contributed by atoms with van der Waals surface area (Å²) in [6, 6.07) is 3.39. The van der Waals surface area contributed by atoms with Gasteiger partial charge < -0.3 is 10.1 Å². The third-order valence-corrected chi connectivity index (χ3v) is 5.70. The molecule has 1 aromatic rings. The van der Waals surface area contributed by atoms with Crippen LogP contribution in [0.15, 0.2) is 51.7 Å². The Kier molecular flexibility index (Phi) is 5.77. The number of aromatic nitrogens is 1. The summed E-state index contributed by atoms with van der Waals surface area (Å²) in [5, 5.41) is 2.52. The average molecular weight is 425 g/mol. The second kappa shape index (κ2) is 8.50. The van der Waals surface area contributed by atoms with Gasteiger partial charge in [-0.05, 0) is 43.2 Å². The van der Waals surface area contributed by atoms with E-state index in [0.717, 1.165) is 0 Å². The molecule has 2 aliphatic heterocycles.